The number of hydrogen-bond acceptors (Lipinski definition) is 4. The van der Waals surface area contributed by atoms with Crippen LogP contribution in [0.4, 0.5) is 0 Å². The first-order chi connectivity index (χ1) is 13.6. The SMILES string of the molecule is Cn1cccc1C(=O)NNC(=O)c1cnc2c(cnn2Cc2ccccc2)c1. The van der Waals surface area contributed by atoms with Crippen molar-refractivity contribution in [2.45, 2.75) is 6.54 Å². The Morgan fingerprint density at radius 3 is 2.54 bits per heavy atom. The van der Waals surface area contributed by atoms with Crippen molar-refractivity contribution in [2.24, 2.45) is 7.05 Å². The van der Waals surface area contributed by atoms with Gasteiger partial charge in [0.25, 0.3) is 11.8 Å². The van der Waals surface area contributed by atoms with Crippen LogP contribution in [0.3, 0.4) is 0 Å². The van der Waals surface area contributed by atoms with Gasteiger partial charge in [0.2, 0.25) is 0 Å². The number of benzene rings is 1. The Labute approximate surface area is 160 Å². The average Bonchev–Trinajstić information content (AvgIpc) is 3.32. The summed E-state index contributed by atoms with van der Waals surface area (Å²) in [6.07, 6.45) is 4.89. The van der Waals surface area contributed by atoms with Crippen molar-refractivity contribution in [3.63, 3.8) is 0 Å². The van der Waals surface area contributed by atoms with Crippen LogP contribution in [0.1, 0.15) is 26.4 Å². The number of aryl methyl sites for hydroxylation is 1. The van der Waals surface area contributed by atoms with Gasteiger partial charge in [-0.1, -0.05) is 30.3 Å². The molecule has 2 amide bonds. The molecule has 140 valence electrons. The van der Waals surface area contributed by atoms with Crippen molar-refractivity contribution in [3.05, 3.63) is 83.9 Å². The number of hydrogen-bond donors (Lipinski definition) is 2. The molecule has 1 aromatic carbocycles. The van der Waals surface area contributed by atoms with E-state index in [1.165, 1.54) is 6.20 Å². The summed E-state index contributed by atoms with van der Waals surface area (Å²) in [6.45, 7) is 0.593. The lowest BCUT2D eigenvalue weighted by molar-refractivity contribution is 0.0842. The topological polar surface area (TPSA) is 93.8 Å². The third-order valence-corrected chi connectivity index (χ3v) is 4.38. The van der Waals surface area contributed by atoms with Crippen molar-refractivity contribution in [3.8, 4) is 0 Å². The van der Waals surface area contributed by atoms with Crippen molar-refractivity contribution in [2.75, 3.05) is 0 Å². The van der Waals surface area contributed by atoms with E-state index >= 15 is 0 Å². The molecule has 0 unspecified atom stereocenters. The molecule has 4 aromatic rings. The maximum absolute atomic E-state index is 12.3. The van der Waals surface area contributed by atoms with E-state index < -0.39 is 11.8 Å². The van der Waals surface area contributed by atoms with Crippen LogP contribution in [0.2, 0.25) is 0 Å². The molecular formula is C20H18N6O2. The van der Waals surface area contributed by atoms with E-state index in [1.807, 2.05) is 30.3 Å². The number of carbonyl (C=O) groups excluding carboxylic acids is 2. The Morgan fingerprint density at radius 2 is 1.79 bits per heavy atom. The number of pyridine rings is 1. The van der Waals surface area contributed by atoms with Gasteiger partial charge in [-0.3, -0.25) is 20.4 Å². The van der Waals surface area contributed by atoms with Crippen molar-refractivity contribution in [1.29, 1.82) is 0 Å². The lowest BCUT2D eigenvalue weighted by Gasteiger charge is -2.08. The zero-order valence-electron chi connectivity index (χ0n) is 15.2. The molecule has 0 aliphatic rings. The fourth-order valence-corrected chi connectivity index (χ4v) is 2.91. The van der Waals surface area contributed by atoms with Crippen molar-refractivity contribution < 1.29 is 9.59 Å². The Kier molecular flexibility index (Phi) is 4.59. The summed E-state index contributed by atoms with van der Waals surface area (Å²) in [6, 6.07) is 15.1. The van der Waals surface area contributed by atoms with Crippen molar-refractivity contribution >= 4 is 22.8 Å². The van der Waals surface area contributed by atoms with E-state index in [4.69, 9.17) is 0 Å². The Balaban J connectivity index is 1.46. The second-order valence-electron chi connectivity index (χ2n) is 6.34. The molecule has 0 aliphatic carbocycles. The molecule has 3 heterocycles. The van der Waals surface area contributed by atoms with Gasteiger partial charge in [0, 0.05) is 24.8 Å². The van der Waals surface area contributed by atoms with Gasteiger partial charge < -0.3 is 4.57 Å². The maximum atomic E-state index is 12.3. The predicted molar refractivity (Wildman–Crippen MR) is 103 cm³/mol. The van der Waals surface area contributed by atoms with E-state index in [9.17, 15) is 9.59 Å². The number of hydrazine groups is 1. The highest BCUT2D eigenvalue weighted by atomic mass is 16.2. The molecule has 4 rings (SSSR count). The molecule has 8 nitrogen and oxygen atoms in total. The molecule has 0 atom stereocenters. The summed E-state index contributed by atoms with van der Waals surface area (Å²) in [5.74, 6) is -0.849. The second-order valence-corrected chi connectivity index (χ2v) is 6.34. The lowest BCUT2D eigenvalue weighted by atomic mass is 10.2. The van der Waals surface area contributed by atoms with Gasteiger partial charge in [0.1, 0.15) is 5.69 Å². The smallest absolute Gasteiger partial charge is 0.286 e. The first-order valence-corrected chi connectivity index (χ1v) is 8.69. The molecule has 2 N–H and O–H groups in total. The van der Waals surface area contributed by atoms with Gasteiger partial charge in [-0.2, -0.15) is 5.10 Å². The molecule has 0 aliphatic heterocycles. The van der Waals surface area contributed by atoms with Gasteiger partial charge in [-0.15, -0.1) is 0 Å². The minimum absolute atomic E-state index is 0.332. The van der Waals surface area contributed by atoms with Crippen LogP contribution < -0.4 is 10.9 Å². The highest BCUT2D eigenvalue weighted by Gasteiger charge is 2.13. The van der Waals surface area contributed by atoms with Crippen LogP contribution in [0.15, 0.2) is 67.1 Å². The van der Waals surface area contributed by atoms with Gasteiger partial charge in [-0.25, -0.2) is 9.67 Å². The third-order valence-electron chi connectivity index (χ3n) is 4.38. The second kappa shape index (κ2) is 7.36. The van der Waals surface area contributed by atoms with Crippen LogP contribution in [-0.2, 0) is 13.6 Å². The van der Waals surface area contributed by atoms with Gasteiger partial charge in [-0.05, 0) is 23.8 Å². The van der Waals surface area contributed by atoms with Crippen LogP contribution in [0, 0.1) is 0 Å². The number of rotatable bonds is 4. The van der Waals surface area contributed by atoms with E-state index in [-0.39, 0.29) is 0 Å². The molecule has 8 heteroatoms. The largest absolute Gasteiger partial charge is 0.347 e. The van der Waals surface area contributed by atoms with Crippen LogP contribution in [-0.4, -0.2) is 31.1 Å². The monoisotopic (exact) mass is 374 g/mol. The Morgan fingerprint density at radius 1 is 1.00 bits per heavy atom. The van der Waals surface area contributed by atoms with Gasteiger partial charge in [0.15, 0.2) is 5.65 Å². The van der Waals surface area contributed by atoms with E-state index in [0.29, 0.717) is 23.4 Å². The number of nitrogens with zero attached hydrogens (tertiary/aromatic N) is 4. The maximum Gasteiger partial charge on any atom is 0.286 e. The lowest BCUT2D eigenvalue weighted by Crippen LogP contribution is -2.42. The number of fused-ring (bicyclic) bond motifs is 1. The quantitative estimate of drug-likeness (QED) is 0.534. The summed E-state index contributed by atoms with van der Waals surface area (Å²) < 4.78 is 3.44. The average molecular weight is 374 g/mol. The van der Waals surface area contributed by atoms with Crippen LogP contribution in [0.5, 0.6) is 0 Å². The molecule has 0 bridgehead atoms. The number of amides is 2. The highest BCUT2D eigenvalue weighted by molar-refractivity contribution is 5.99. The summed E-state index contributed by atoms with van der Waals surface area (Å²) in [7, 11) is 1.75. The third kappa shape index (κ3) is 3.48. The number of nitrogens with one attached hydrogen (secondary N) is 2. The summed E-state index contributed by atoms with van der Waals surface area (Å²) in [4.78, 5) is 28.8. The normalized spacial score (nSPS) is 10.8. The minimum atomic E-state index is -0.451. The van der Waals surface area contributed by atoms with Crippen molar-refractivity contribution in [1.82, 2.24) is 30.2 Å². The Hall–Kier alpha value is -3.94. The molecule has 0 saturated carbocycles. The molecule has 0 spiro atoms. The van der Waals surface area contributed by atoms with Gasteiger partial charge >= 0.3 is 0 Å². The predicted octanol–water partition coefficient (Wildman–Crippen LogP) is 1.89. The first kappa shape index (κ1) is 17.5. The Bertz CT molecular complexity index is 1150. The molecule has 0 radical (unpaired) electrons. The number of aromatic nitrogens is 4. The molecular weight excluding hydrogens is 356 g/mol. The standard InChI is InChI=1S/C20H18N6O2/c1-25-9-5-8-17(25)20(28)24-23-19(27)16-10-15-12-22-26(18(15)21-11-16)13-14-6-3-2-4-7-14/h2-12H,13H2,1H3,(H,23,27)(H,24,28). The van der Waals surface area contributed by atoms with E-state index in [0.717, 1.165) is 10.9 Å². The summed E-state index contributed by atoms with van der Waals surface area (Å²) in [5.41, 5.74) is 7.38. The highest BCUT2D eigenvalue weighted by Crippen LogP contribution is 2.14. The minimum Gasteiger partial charge on any atom is -0.347 e. The van der Waals surface area contributed by atoms with Crippen LogP contribution in [0.25, 0.3) is 11.0 Å². The zero-order chi connectivity index (χ0) is 19.5. The zero-order valence-corrected chi connectivity index (χ0v) is 15.2. The first-order valence-electron chi connectivity index (χ1n) is 8.69. The fourth-order valence-electron chi connectivity index (χ4n) is 2.91. The van der Waals surface area contributed by atoms with Gasteiger partial charge in [0.05, 0.1) is 18.3 Å². The fraction of sp³-hybridized carbons (Fsp3) is 0.100. The van der Waals surface area contributed by atoms with E-state index in [2.05, 4.69) is 20.9 Å². The molecule has 0 saturated heterocycles. The van der Waals surface area contributed by atoms with E-state index in [1.54, 1.807) is 46.9 Å². The summed E-state index contributed by atoms with van der Waals surface area (Å²) >= 11 is 0. The van der Waals surface area contributed by atoms with Crippen LogP contribution >= 0.6 is 0 Å². The number of carbonyl (C=O) groups is 2. The molecule has 28 heavy (non-hydrogen) atoms. The summed E-state index contributed by atoms with van der Waals surface area (Å²) in [5, 5.41) is 5.11. The molecule has 3 aromatic heterocycles. The molecule has 0 fully saturated rings.